The summed E-state index contributed by atoms with van der Waals surface area (Å²) in [5.74, 6) is 0.568. The van der Waals surface area contributed by atoms with Gasteiger partial charge in [-0.15, -0.1) is 22.7 Å². The minimum atomic E-state index is -0.360. The van der Waals surface area contributed by atoms with Crippen molar-refractivity contribution in [2.75, 3.05) is 0 Å². The maximum atomic E-state index is 2.54. The first-order chi connectivity index (χ1) is 25.3. The van der Waals surface area contributed by atoms with Crippen molar-refractivity contribution < 1.29 is 0 Å². The average molecular weight is 687 g/mol. The molecule has 0 fully saturated rings. The second-order valence-electron chi connectivity index (χ2n) is 14.2. The van der Waals surface area contributed by atoms with E-state index in [0.29, 0.717) is 5.92 Å². The van der Waals surface area contributed by atoms with Gasteiger partial charge in [0, 0.05) is 41.6 Å². The van der Waals surface area contributed by atoms with E-state index in [1.165, 1.54) is 85.2 Å². The number of hydrogen-bond donors (Lipinski definition) is 0. The zero-order valence-corrected chi connectivity index (χ0v) is 29.7. The number of benzene rings is 6. The highest BCUT2D eigenvalue weighted by atomic mass is 32.1. The third-order valence-corrected chi connectivity index (χ3v) is 14.2. The number of aryl methyl sites for hydroxylation is 1. The van der Waals surface area contributed by atoms with Crippen LogP contribution in [-0.4, -0.2) is 0 Å². The van der Waals surface area contributed by atoms with Crippen LogP contribution in [0.5, 0.6) is 0 Å². The van der Waals surface area contributed by atoms with Gasteiger partial charge in [-0.2, -0.15) is 0 Å². The molecule has 242 valence electrons. The fraction of sp³-hybridized carbons (Fsp3) is 0.102. The van der Waals surface area contributed by atoms with Gasteiger partial charge in [-0.1, -0.05) is 146 Å². The molecule has 3 aliphatic carbocycles. The summed E-state index contributed by atoms with van der Waals surface area (Å²) < 4.78 is 4.09. The van der Waals surface area contributed by atoms with Crippen LogP contribution in [0.25, 0.3) is 47.0 Å². The molecule has 0 amide bonds. The van der Waals surface area contributed by atoms with Crippen LogP contribution in [0.15, 0.2) is 170 Å². The molecule has 3 atom stereocenters. The lowest BCUT2D eigenvalue weighted by Crippen LogP contribution is -2.35. The Labute approximate surface area is 306 Å². The Morgan fingerprint density at radius 3 is 2.14 bits per heavy atom. The number of allylic oxidation sites excluding steroid dienone is 5. The van der Waals surface area contributed by atoms with E-state index >= 15 is 0 Å². The van der Waals surface area contributed by atoms with E-state index in [-0.39, 0.29) is 11.3 Å². The van der Waals surface area contributed by atoms with Crippen molar-refractivity contribution in [3.8, 4) is 11.1 Å². The average Bonchev–Trinajstić information content (AvgIpc) is 3.87. The van der Waals surface area contributed by atoms with Gasteiger partial charge in [0.2, 0.25) is 0 Å². The van der Waals surface area contributed by atoms with Gasteiger partial charge in [0.25, 0.3) is 0 Å². The van der Waals surface area contributed by atoms with Crippen LogP contribution in [-0.2, 0) is 11.8 Å². The Balaban J connectivity index is 1.15. The molecule has 0 spiro atoms. The van der Waals surface area contributed by atoms with E-state index in [0.717, 1.165) is 12.8 Å². The topological polar surface area (TPSA) is 0 Å². The molecule has 51 heavy (non-hydrogen) atoms. The van der Waals surface area contributed by atoms with Crippen LogP contribution in [0, 0.1) is 5.92 Å². The highest BCUT2D eigenvalue weighted by Gasteiger charge is 2.53. The standard InChI is InChI=1S/C49H34S2/c1-5-25-43-37(17-1)38-18-2-6-26-44(38)49(43,33-15-9-13-31(29-33)35-21-11-23-41-39-19-3-7-27-45(39)50-47(35)41)34-16-10-14-32(30-34)36-22-12-24-42-40-20-4-8-28-46(40)51-48(36)42/h1-11,13-23,25-30,37,43H,12,24H2. The summed E-state index contributed by atoms with van der Waals surface area (Å²) in [6, 6.07) is 53.0. The quantitative estimate of drug-likeness (QED) is 0.173. The van der Waals surface area contributed by atoms with E-state index in [1.807, 2.05) is 22.7 Å². The summed E-state index contributed by atoms with van der Waals surface area (Å²) in [7, 11) is 0. The molecule has 8 aromatic rings. The Morgan fingerprint density at radius 2 is 1.25 bits per heavy atom. The van der Waals surface area contributed by atoms with Gasteiger partial charge >= 0.3 is 0 Å². The van der Waals surface area contributed by atoms with E-state index in [2.05, 4.69) is 170 Å². The molecule has 0 bridgehead atoms. The molecule has 0 N–H and O–H groups in total. The molecule has 2 heteroatoms. The Bertz CT molecular complexity index is 2780. The maximum Gasteiger partial charge on any atom is 0.0526 e. The van der Waals surface area contributed by atoms with Gasteiger partial charge in [0.15, 0.2) is 0 Å². The molecular weight excluding hydrogens is 653 g/mol. The summed E-state index contributed by atoms with van der Waals surface area (Å²) in [6.07, 6.45) is 14.1. The molecule has 2 aromatic heterocycles. The highest BCUT2D eigenvalue weighted by molar-refractivity contribution is 7.26. The van der Waals surface area contributed by atoms with Crippen LogP contribution in [0.4, 0.5) is 0 Å². The summed E-state index contributed by atoms with van der Waals surface area (Å²) >= 11 is 3.87. The second-order valence-corrected chi connectivity index (χ2v) is 16.3. The molecule has 0 radical (unpaired) electrons. The molecule has 2 heterocycles. The number of rotatable bonds is 4. The fourth-order valence-electron chi connectivity index (χ4n) is 9.61. The maximum absolute atomic E-state index is 2.54. The number of thiophene rings is 2. The molecule has 0 saturated heterocycles. The van der Waals surface area contributed by atoms with Crippen LogP contribution in [0.2, 0.25) is 0 Å². The first-order valence-corrected chi connectivity index (χ1v) is 19.7. The summed E-state index contributed by atoms with van der Waals surface area (Å²) in [5.41, 5.74) is 12.0. The Morgan fingerprint density at radius 1 is 0.569 bits per heavy atom. The third kappa shape index (κ3) is 4.24. The van der Waals surface area contributed by atoms with E-state index in [4.69, 9.17) is 0 Å². The Kier molecular flexibility index (Phi) is 6.56. The number of hydrogen-bond acceptors (Lipinski definition) is 2. The summed E-state index contributed by atoms with van der Waals surface area (Å²) in [5, 5.41) is 4.11. The molecule has 0 saturated carbocycles. The predicted octanol–water partition coefficient (Wildman–Crippen LogP) is 13.5. The molecule has 11 rings (SSSR count). The second kappa shape index (κ2) is 11.4. The van der Waals surface area contributed by atoms with Crippen LogP contribution >= 0.6 is 22.7 Å². The van der Waals surface area contributed by atoms with Crippen LogP contribution in [0.3, 0.4) is 0 Å². The van der Waals surface area contributed by atoms with Crippen molar-refractivity contribution in [2.45, 2.75) is 24.2 Å². The first kappa shape index (κ1) is 29.5. The minimum absolute atomic E-state index is 0.255. The first-order valence-electron chi connectivity index (χ1n) is 18.1. The molecular formula is C49H34S2. The van der Waals surface area contributed by atoms with Crippen LogP contribution < -0.4 is 0 Å². The van der Waals surface area contributed by atoms with Crippen LogP contribution in [0.1, 0.15) is 50.6 Å². The van der Waals surface area contributed by atoms with Crippen molar-refractivity contribution in [1.29, 1.82) is 0 Å². The molecule has 0 nitrogen and oxygen atoms in total. The summed E-state index contributed by atoms with van der Waals surface area (Å²) in [6.45, 7) is 0. The van der Waals surface area contributed by atoms with Crippen molar-refractivity contribution in [3.63, 3.8) is 0 Å². The molecule has 3 unspecified atom stereocenters. The van der Waals surface area contributed by atoms with Gasteiger partial charge in [-0.3, -0.25) is 0 Å². The lowest BCUT2D eigenvalue weighted by atomic mass is 9.62. The Hall–Kier alpha value is -5.28. The zero-order valence-electron chi connectivity index (χ0n) is 28.1. The predicted molar refractivity (Wildman–Crippen MR) is 219 cm³/mol. The smallest absolute Gasteiger partial charge is 0.0526 e. The lowest BCUT2D eigenvalue weighted by molar-refractivity contribution is 0.457. The molecule has 0 aliphatic heterocycles. The lowest BCUT2D eigenvalue weighted by Gasteiger charge is -2.39. The highest BCUT2D eigenvalue weighted by Crippen LogP contribution is 2.60. The van der Waals surface area contributed by atoms with Gasteiger partial charge in [-0.25, -0.2) is 0 Å². The normalized spacial score (nSPS) is 20.4. The molecule has 6 aromatic carbocycles. The van der Waals surface area contributed by atoms with Gasteiger partial charge < -0.3 is 0 Å². The minimum Gasteiger partial charge on any atom is -0.135 e. The van der Waals surface area contributed by atoms with E-state index in [1.54, 1.807) is 0 Å². The third-order valence-electron chi connectivity index (χ3n) is 11.7. The summed E-state index contributed by atoms with van der Waals surface area (Å²) in [4.78, 5) is 1.44. The van der Waals surface area contributed by atoms with Crippen molar-refractivity contribution in [3.05, 3.63) is 208 Å². The SMILES string of the molecule is C1=CC2c3ccccc3C(c3cccc(C4=CCCc5c4sc4ccccc54)c3)(c3cccc(-c4cccc5c4sc4ccccc45)c3)C2C=C1. The van der Waals surface area contributed by atoms with Gasteiger partial charge in [0.1, 0.15) is 0 Å². The van der Waals surface area contributed by atoms with Gasteiger partial charge in [-0.05, 0) is 92.6 Å². The monoisotopic (exact) mass is 686 g/mol. The van der Waals surface area contributed by atoms with Crippen molar-refractivity contribution >= 4 is 58.5 Å². The van der Waals surface area contributed by atoms with E-state index in [9.17, 15) is 0 Å². The van der Waals surface area contributed by atoms with Gasteiger partial charge in [0.05, 0.1) is 5.41 Å². The van der Waals surface area contributed by atoms with E-state index < -0.39 is 0 Å². The fourth-order valence-corrected chi connectivity index (χ4v) is 12.2. The zero-order chi connectivity index (χ0) is 33.5. The molecule has 3 aliphatic rings. The van der Waals surface area contributed by atoms with Crippen molar-refractivity contribution in [1.82, 2.24) is 0 Å². The van der Waals surface area contributed by atoms with Crippen molar-refractivity contribution in [2.24, 2.45) is 5.92 Å². The largest absolute Gasteiger partial charge is 0.135 e. The number of fused-ring (bicyclic) bond motifs is 9.